The van der Waals surface area contributed by atoms with Gasteiger partial charge < -0.3 is 15.5 Å². The molecule has 8 nitrogen and oxygen atoms in total. The lowest BCUT2D eigenvalue weighted by molar-refractivity contribution is -0.128. The van der Waals surface area contributed by atoms with Gasteiger partial charge in [0.25, 0.3) is 0 Å². The molecule has 0 saturated carbocycles. The van der Waals surface area contributed by atoms with Gasteiger partial charge in [-0.3, -0.25) is 24.2 Å². The molecule has 0 spiro atoms. The largest absolute Gasteiger partial charge is 0.349 e. The first-order valence-corrected chi connectivity index (χ1v) is 16.6. The molecular formula is C36H65N5O3. The number of likely N-dealkylation sites (tertiary alicyclic amines) is 3. The minimum absolute atomic E-state index is 0.0595. The number of hydrogen-bond acceptors (Lipinski definition) is 5. The lowest BCUT2D eigenvalue weighted by atomic mass is 9.75. The molecule has 0 aromatic rings. The Bertz CT molecular complexity index is 896. The molecule has 3 aliphatic heterocycles. The lowest BCUT2D eigenvalue weighted by Crippen LogP contribution is -2.53. The molecule has 0 aromatic heterocycles. The van der Waals surface area contributed by atoms with Crippen molar-refractivity contribution >= 4 is 17.7 Å². The third-order valence-corrected chi connectivity index (χ3v) is 9.01. The Balaban J connectivity index is 0.000000330. The van der Waals surface area contributed by atoms with E-state index in [0.29, 0.717) is 5.41 Å². The summed E-state index contributed by atoms with van der Waals surface area (Å²) in [6, 6.07) is 0.562. The van der Waals surface area contributed by atoms with E-state index in [4.69, 9.17) is 0 Å². The van der Waals surface area contributed by atoms with Crippen LogP contribution in [-0.2, 0) is 14.4 Å². The normalized spacial score (nSPS) is 22.2. The van der Waals surface area contributed by atoms with Crippen molar-refractivity contribution in [2.45, 2.75) is 124 Å². The van der Waals surface area contributed by atoms with Gasteiger partial charge in [-0.05, 0) is 123 Å². The molecule has 3 aliphatic rings. The lowest BCUT2D eigenvalue weighted by Gasteiger charge is -2.41. The molecule has 3 fully saturated rings. The summed E-state index contributed by atoms with van der Waals surface area (Å²) < 4.78 is 0. The number of carbonyl (C=O) groups is 3. The Morgan fingerprint density at radius 2 is 1.00 bits per heavy atom. The molecule has 0 bridgehead atoms. The summed E-state index contributed by atoms with van der Waals surface area (Å²) in [6.45, 7) is 36.5. The monoisotopic (exact) mass is 616 g/mol. The van der Waals surface area contributed by atoms with Crippen LogP contribution < -0.4 is 10.6 Å². The van der Waals surface area contributed by atoms with Crippen LogP contribution in [0.15, 0.2) is 38.0 Å². The van der Waals surface area contributed by atoms with Gasteiger partial charge in [-0.2, -0.15) is 0 Å². The maximum atomic E-state index is 11.3. The Kier molecular flexibility index (Phi) is 16.1. The summed E-state index contributed by atoms with van der Waals surface area (Å²) in [5.41, 5.74) is 0.762. The molecule has 8 heteroatoms. The predicted octanol–water partition coefficient (Wildman–Crippen LogP) is 5.56. The van der Waals surface area contributed by atoms with Crippen LogP contribution in [0.25, 0.3) is 0 Å². The average Bonchev–Trinajstić information content (AvgIpc) is 2.96. The highest BCUT2D eigenvalue weighted by Crippen LogP contribution is 2.34. The molecule has 0 unspecified atom stereocenters. The Labute approximate surface area is 269 Å². The zero-order chi connectivity index (χ0) is 33.7. The second kappa shape index (κ2) is 17.9. The second-order valence-corrected chi connectivity index (χ2v) is 15.5. The highest BCUT2D eigenvalue weighted by molar-refractivity contribution is 5.87. The summed E-state index contributed by atoms with van der Waals surface area (Å²) in [7, 11) is 0. The van der Waals surface area contributed by atoms with E-state index in [1.165, 1.54) is 18.2 Å². The molecule has 0 aliphatic carbocycles. The van der Waals surface area contributed by atoms with Crippen molar-refractivity contribution in [3.05, 3.63) is 38.0 Å². The smallest absolute Gasteiger partial charge is 0.245 e. The number of nitrogens with one attached hydrogen (secondary N) is 2. The van der Waals surface area contributed by atoms with Crippen LogP contribution in [0.3, 0.4) is 0 Å². The third kappa shape index (κ3) is 14.6. The molecule has 252 valence electrons. The summed E-state index contributed by atoms with van der Waals surface area (Å²) in [5, 5.41) is 5.94. The van der Waals surface area contributed by atoms with Crippen LogP contribution in [0.1, 0.15) is 101 Å². The highest BCUT2D eigenvalue weighted by atomic mass is 16.2. The molecule has 3 amide bonds. The van der Waals surface area contributed by atoms with Crippen LogP contribution in [0.5, 0.6) is 0 Å². The maximum Gasteiger partial charge on any atom is 0.245 e. The maximum absolute atomic E-state index is 11.3. The Hall–Kier alpha value is -2.45. The highest BCUT2D eigenvalue weighted by Gasteiger charge is 2.30. The fourth-order valence-electron chi connectivity index (χ4n) is 6.02. The van der Waals surface area contributed by atoms with Gasteiger partial charge in [0.1, 0.15) is 0 Å². The van der Waals surface area contributed by atoms with Crippen LogP contribution in [-0.4, -0.2) is 94.9 Å². The molecule has 3 saturated heterocycles. The number of carbonyl (C=O) groups excluding carboxylic acids is 3. The van der Waals surface area contributed by atoms with Gasteiger partial charge in [0.2, 0.25) is 17.7 Å². The Morgan fingerprint density at radius 1 is 0.614 bits per heavy atom. The van der Waals surface area contributed by atoms with E-state index >= 15 is 0 Å². The predicted molar refractivity (Wildman–Crippen MR) is 184 cm³/mol. The zero-order valence-corrected chi connectivity index (χ0v) is 29.6. The molecule has 0 radical (unpaired) electrons. The standard InChI is InChI=1S/2C12H22N2O.C12H21NO/c2*1-5-11(15)13-10-7-6-8-14(9-10)12(2,3)4;1-5-11(14)13-8-6-10(7-9-13)12(2,3)4/h2*5,10H,1,6-9H2,2-4H3,(H,13,15);5,10H,1,6-9H2,2-4H3/t2*10-;/m10./s1. The van der Waals surface area contributed by atoms with E-state index < -0.39 is 0 Å². The average molecular weight is 616 g/mol. The van der Waals surface area contributed by atoms with Crippen molar-refractivity contribution in [2.75, 3.05) is 39.3 Å². The molecule has 3 rings (SSSR count). The first kappa shape index (κ1) is 39.6. The van der Waals surface area contributed by atoms with Crippen molar-refractivity contribution in [1.82, 2.24) is 25.3 Å². The number of hydrogen-bond donors (Lipinski definition) is 2. The zero-order valence-electron chi connectivity index (χ0n) is 29.6. The van der Waals surface area contributed by atoms with Crippen molar-refractivity contribution in [1.29, 1.82) is 0 Å². The van der Waals surface area contributed by atoms with E-state index in [9.17, 15) is 14.4 Å². The Morgan fingerprint density at radius 3 is 1.30 bits per heavy atom. The molecule has 3 heterocycles. The van der Waals surface area contributed by atoms with Gasteiger partial charge >= 0.3 is 0 Å². The minimum atomic E-state index is -0.0595. The molecule has 2 atom stereocenters. The van der Waals surface area contributed by atoms with Gasteiger partial charge in [0.05, 0.1) is 0 Å². The van der Waals surface area contributed by atoms with Gasteiger partial charge in [-0.25, -0.2) is 0 Å². The van der Waals surface area contributed by atoms with E-state index in [1.54, 1.807) is 0 Å². The third-order valence-electron chi connectivity index (χ3n) is 9.01. The minimum Gasteiger partial charge on any atom is -0.349 e. The number of nitrogens with zero attached hydrogens (tertiary/aromatic N) is 3. The van der Waals surface area contributed by atoms with Crippen molar-refractivity contribution < 1.29 is 14.4 Å². The topological polar surface area (TPSA) is 85.0 Å². The fraction of sp³-hybridized carbons (Fsp3) is 0.750. The van der Waals surface area contributed by atoms with E-state index in [-0.39, 0.29) is 40.9 Å². The summed E-state index contributed by atoms with van der Waals surface area (Å²) >= 11 is 0. The van der Waals surface area contributed by atoms with Crippen LogP contribution >= 0.6 is 0 Å². The number of amides is 3. The van der Waals surface area contributed by atoms with Crippen molar-refractivity contribution in [3.63, 3.8) is 0 Å². The summed E-state index contributed by atoms with van der Waals surface area (Å²) in [5.74, 6) is 0.709. The van der Waals surface area contributed by atoms with Gasteiger partial charge in [0.15, 0.2) is 0 Å². The quantitative estimate of drug-likeness (QED) is 0.396. The first-order chi connectivity index (χ1) is 20.3. The summed E-state index contributed by atoms with van der Waals surface area (Å²) in [4.78, 5) is 40.4. The SMILES string of the molecule is C=CC(=O)N1CCC(C(C)(C)C)CC1.C=CC(=O)N[C@@H]1CCCN(C(C)(C)C)C1.C=CC(=O)N[C@H]1CCCN(C(C)(C)C)C1. The molecule has 2 N–H and O–H groups in total. The van der Waals surface area contributed by atoms with Crippen LogP contribution in [0, 0.1) is 11.3 Å². The van der Waals surface area contributed by atoms with Crippen LogP contribution in [0.2, 0.25) is 0 Å². The summed E-state index contributed by atoms with van der Waals surface area (Å²) in [6.07, 6.45) is 10.8. The molecular weight excluding hydrogens is 550 g/mol. The molecule has 44 heavy (non-hydrogen) atoms. The fourth-order valence-corrected chi connectivity index (χ4v) is 6.02. The first-order valence-electron chi connectivity index (χ1n) is 16.6. The van der Waals surface area contributed by atoms with Crippen molar-refractivity contribution in [2.24, 2.45) is 11.3 Å². The van der Waals surface area contributed by atoms with Crippen LogP contribution in [0.4, 0.5) is 0 Å². The number of rotatable bonds is 5. The van der Waals surface area contributed by atoms with Crippen molar-refractivity contribution in [3.8, 4) is 0 Å². The van der Waals surface area contributed by atoms with Gasteiger partial charge in [-0.15, -0.1) is 0 Å². The van der Waals surface area contributed by atoms with E-state index in [2.05, 4.69) is 102 Å². The van der Waals surface area contributed by atoms with Gasteiger partial charge in [0, 0.05) is 49.3 Å². The van der Waals surface area contributed by atoms with Gasteiger partial charge in [-0.1, -0.05) is 40.5 Å². The van der Waals surface area contributed by atoms with E-state index in [1.807, 2.05) is 4.90 Å². The molecule has 0 aromatic carbocycles. The van der Waals surface area contributed by atoms with E-state index in [0.717, 1.165) is 83.7 Å². The second-order valence-electron chi connectivity index (χ2n) is 15.5. The number of piperidine rings is 3.